The zero-order valence-corrected chi connectivity index (χ0v) is 28.0. The monoisotopic (exact) mass is 683 g/mol. The van der Waals surface area contributed by atoms with Crippen LogP contribution in [0.3, 0.4) is 0 Å². The van der Waals surface area contributed by atoms with Gasteiger partial charge in [0.2, 0.25) is 5.91 Å². The second kappa shape index (κ2) is 11.3. The number of carbonyl (C=O) groups is 2. The molecule has 2 N–H and O–H groups in total. The number of aryl methyl sites for hydroxylation is 1. The van der Waals surface area contributed by atoms with E-state index in [-0.39, 0.29) is 22.9 Å². The Morgan fingerprint density at radius 3 is 2.73 bits per heavy atom. The fraction of sp³-hybridized carbons (Fsp3) is 0.270. The first-order valence-corrected chi connectivity index (χ1v) is 16.7. The Morgan fingerprint density at radius 1 is 1.12 bits per heavy atom. The van der Waals surface area contributed by atoms with Crippen molar-refractivity contribution in [1.29, 1.82) is 0 Å². The lowest BCUT2D eigenvalue weighted by molar-refractivity contribution is -0.128. The van der Waals surface area contributed by atoms with E-state index < -0.39 is 23.3 Å². The summed E-state index contributed by atoms with van der Waals surface area (Å²) in [4.78, 5) is 29.7. The highest BCUT2D eigenvalue weighted by atomic mass is 35.5. The summed E-state index contributed by atoms with van der Waals surface area (Å²) in [6.45, 7) is 4.74. The van der Waals surface area contributed by atoms with Crippen molar-refractivity contribution in [3.63, 3.8) is 0 Å². The molecule has 4 heterocycles. The number of benzene rings is 4. The van der Waals surface area contributed by atoms with E-state index in [0.717, 1.165) is 28.0 Å². The highest BCUT2D eigenvalue weighted by molar-refractivity contribution is 6.31. The molecule has 11 heteroatoms. The van der Waals surface area contributed by atoms with Gasteiger partial charge in [-0.15, -0.1) is 0 Å². The van der Waals surface area contributed by atoms with Gasteiger partial charge < -0.3 is 15.4 Å². The number of anilines is 1. The van der Waals surface area contributed by atoms with Crippen molar-refractivity contribution in [2.24, 2.45) is 0 Å². The normalized spacial score (nSPS) is 22.5. The third-order valence-electron chi connectivity index (χ3n) is 10.2. The molecule has 1 spiro atoms. The maximum atomic E-state index is 16.4. The predicted molar refractivity (Wildman–Crippen MR) is 183 cm³/mol. The molecule has 244 valence electrons. The summed E-state index contributed by atoms with van der Waals surface area (Å²) in [5, 5.41) is 12.3. The maximum absolute atomic E-state index is 16.4. The zero-order valence-electron chi connectivity index (χ0n) is 26.5. The van der Waals surface area contributed by atoms with E-state index in [1.807, 2.05) is 54.9 Å². The van der Waals surface area contributed by atoms with E-state index in [2.05, 4.69) is 15.5 Å². The lowest BCUT2D eigenvalue weighted by atomic mass is 9.73. The molecular weight excluding hydrogens is 652 g/mol. The molecular formula is C37H32Cl2FN5O3. The maximum Gasteiger partial charge on any atom is 0.251 e. The van der Waals surface area contributed by atoms with Gasteiger partial charge in [-0.25, -0.2) is 4.39 Å². The number of rotatable bonds is 6. The van der Waals surface area contributed by atoms with E-state index in [1.54, 1.807) is 37.4 Å². The molecule has 3 aliphatic rings. The first-order valence-electron chi connectivity index (χ1n) is 15.9. The van der Waals surface area contributed by atoms with Gasteiger partial charge in [-0.1, -0.05) is 53.5 Å². The SMILES string of the molecule is CCOc1cccc(CN2[C@H]3Cc4c5cc(C)c(C(=O)NC)cc5nn4[C@H]3[C@H](c3cccc(Cl)c3F)[C@]23C(=O)Nc2cc(Cl)ccc23)c1. The number of carbonyl (C=O) groups excluding carboxylic acids is 2. The number of nitrogens with zero attached hydrogens (tertiary/aromatic N) is 3. The van der Waals surface area contributed by atoms with Gasteiger partial charge in [-0.3, -0.25) is 19.2 Å². The minimum atomic E-state index is -1.35. The summed E-state index contributed by atoms with van der Waals surface area (Å²) >= 11 is 12.9. The molecule has 3 aliphatic heterocycles. The first-order chi connectivity index (χ1) is 23.2. The van der Waals surface area contributed by atoms with Crippen LogP contribution in [0.15, 0.2) is 72.8 Å². The quantitative estimate of drug-likeness (QED) is 0.198. The number of fused-ring (bicyclic) bond motifs is 7. The van der Waals surface area contributed by atoms with Crippen molar-refractivity contribution in [1.82, 2.24) is 20.0 Å². The fourth-order valence-electron chi connectivity index (χ4n) is 8.36. The van der Waals surface area contributed by atoms with Crippen LogP contribution in [0.2, 0.25) is 10.0 Å². The molecule has 1 aromatic heterocycles. The van der Waals surface area contributed by atoms with Crippen LogP contribution in [0.4, 0.5) is 10.1 Å². The Balaban J connectivity index is 1.40. The van der Waals surface area contributed by atoms with Crippen molar-refractivity contribution in [2.45, 2.75) is 50.4 Å². The molecule has 4 aromatic carbocycles. The molecule has 5 aromatic rings. The molecule has 0 bridgehead atoms. The Kier molecular flexibility index (Phi) is 7.28. The van der Waals surface area contributed by atoms with E-state index in [9.17, 15) is 9.59 Å². The summed E-state index contributed by atoms with van der Waals surface area (Å²) in [6.07, 6.45) is 0.543. The second-order valence-corrected chi connectivity index (χ2v) is 13.5. The Labute approximate surface area is 286 Å². The van der Waals surface area contributed by atoms with Gasteiger partial charge in [0.25, 0.3) is 5.91 Å². The van der Waals surface area contributed by atoms with Gasteiger partial charge in [0.1, 0.15) is 17.1 Å². The van der Waals surface area contributed by atoms with Gasteiger partial charge in [0, 0.05) is 64.9 Å². The Bertz CT molecular complexity index is 2170. The molecule has 0 saturated carbocycles. The van der Waals surface area contributed by atoms with Gasteiger partial charge in [-0.2, -0.15) is 5.10 Å². The smallest absolute Gasteiger partial charge is 0.251 e. The van der Waals surface area contributed by atoms with E-state index in [4.69, 9.17) is 33.0 Å². The molecule has 0 unspecified atom stereocenters. The summed E-state index contributed by atoms with van der Waals surface area (Å²) in [6, 6.07) is 21.3. The van der Waals surface area contributed by atoms with Crippen LogP contribution < -0.4 is 15.4 Å². The highest BCUT2D eigenvalue weighted by Crippen LogP contribution is 2.64. The molecule has 8 nitrogen and oxygen atoms in total. The van der Waals surface area contributed by atoms with Gasteiger partial charge in [-0.05, 0) is 73.0 Å². The average Bonchev–Trinajstić information content (AvgIpc) is 3.76. The van der Waals surface area contributed by atoms with E-state index in [1.165, 1.54) is 6.07 Å². The van der Waals surface area contributed by atoms with Crippen LogP contribution in [0.5, 0.6) is 5.75 Å². The molecule has 2 amide bonds. The van der Waals surface area contributed by atoms with Crippen molar-refractivity contribution >= 4 is 51.6 Å². The van der Waals surface area contributed by atoms with Crippen LogP contribution in [-0.2, 0) is 23.3 Å². The third-order valence-corrected chi connectivity index (χ3v) is 10.7. The first kappa shape index (κ1) is 30.9. The van der Waals surface area contributed by atoms with Crippen LogP contribution >= 0.6 is 23.2 Å². The molecule has 0 radical (unpaired) electrons. The number of ether oxygens (including phenoxy) is 1. The number of hydrogen-bond donors (Lipinski definition) is 2. The molecule has 48 heavy (non-hydrogen) atoms. The molecule has 1 fully saturated rings. The zero-order chi connectivity index (χ0) is 33.5. The van der Waals surface area contributed by atoms with E-state index in [0.29, 0.717) is 52.5 Å². The van der Waals surface area contributed by atoms with E-state index >= 15 is 4.39 Å². The van der Waals surface area contributed by atoms with Gasteiger partial charge in [0.05, 0.1) is 23.2 Å². The number of nitrogens with one attached hydrogen (secondary N) is 2. The van der Waals surface area contributed by atoms with Crippen LogP contribution in [0, 0.1) is 12.7 Å². The molecule has 4 atom stereocenters. The second-order valence-electron chi connectivity index (χ2n) is 12.7. The van der Waals surface area contributed by atoms with Gasteiger partial charge >= 0.3 is 0 Å². The lowest BCUT2D eigenvalue weighted by Crippen LogP contribution is -2.52. The number of halogens is 3. The van der Waals surface area contributed by atoms with Crippen LogP contribution in [0.1, 0.15) is 57.2 Å². The predicted octanol–water partition coefficient (Wildman–Crippen LogP) is 7.16. The number of amides is 2. The molecule has 8 rings (SSSR count). The highest BCUT2D eigenvalue weighted by Gasteiger charge is 2.69. The Hall–Kier alpha value is -4.44. The van der Waals surface area contributed by atoms with Crippen molar-refractivity contribution in [3.05, 3.63) is 122 Å². The molecule has 0 aliphatic carbocycles. The van der Waals surface area contributed by atoms with Crippen molar-refractivity contribution < 1.29 is 18.7 Å². The third kappa shape index (κ3) is 4.34. The number of hydrogen-bond acceptors (Lipinski definition) is 5. The minimum Gasteiger partial charge on any atom is -0.494 e. The summed E-state index contributed by atoms with van der Waals surface area (Å²) < 4.78 is 24.2. The average molecular weight is 685 g/mol. The van der Waals surface area contributed by atoms with Crippen LogP contribution in [0.25, 0.3) is 10.9 Å². The van der Waals surface area contributed by atoms with Crippen molar-refractivity contribution in [2.75, 3.05) is 19.0 Å². The minimum absolute atomic E-state index is 0.0218. The summed E-state index contributed by atoms with van der Waals surface area (Å²) in [5.41, 5.74) is 4.23. The number of aromatic nitrogens is 2. The molecule has 1 saturated heterocycles. The van der Waals surface area contributed by atoms with Crippen LogP contribution in [-0.4, -0.2) is 46.2 Å². The largest absolute Gasteiger partial charge is 0.494 e. The topological polar surface area (TPSA) is 88.5 Å². The summed E-state index contributed by atoms with van der Waals surface area (Å²) in [5.74, 6) is -1.05. The Morgan fingerprint density at radius 2 is 1.94 bits per heavy atom. The number of likely N-dealkylation sites (tertiary alicyclic amines) is 1. The summed E-state index contributed by atoms with van der Waals surface area (Å²) in [7, 11) is 1.60. The van der Waals surface area contributed by atoms with Gasteiger partial charge in [0.15, 0.2) is 0 Å². The standard InChI is InChI=1S/C37H32Cl2FN5O3/c1-4-48-22-8-5-7-20(14-22)18-44-31-17-30-25-13-19(2)24(35(46)41-3)16-28(25)43-45(30)34(31)32(23-9-6-10-27(39)33(23)40)37(44)26-12-11-21(38)15-29(26)42-36(37)47/h5-16,31-32,34H,4,17-18H2,1-3H3,(H,41,46)(H,42,47)/t31-,32-,34+,37+/m0/s1. The van der Waals surface area contributed by atoms with Crippen molar-refractivity contribution in [3.8, 4) is 5.75 Å². The fourth-order valence-corrected chi connectivity index (χ4v) is 8.72. The lowest BCUT2D eigenvalue weighted by Gasteiger charge is -2.40.